The summed E-state index contributed by atoms with van der Waals surface area (Å²) >= 11 is 6.41. The van der Waals surface area contributed by atoms with Gasteiger partial charge in [-0.05, 0) is 31.1 Å². The highest BCUT2D eigenvalue weighted by atomic mass is 35.5. The van der Waals surface area contributed by atoms with Gasteiger partial charge in [0.2, 0.25) is 0 Å². The molecule has 0 aliphatic heterocycles. The maximum Gasteiger partial charge on any atom is 0.0850 e. The summed E-state index contributed by atoms with van der Waals surface area (Å²) in [6.07, 6.45) is 5.55. The van der Waals surface area contributed by atoms with Crippen LogP contribution in [0.15, 0.2) is 0 Å². The minimum absolute atomic E-state index is 0.294. The summed E-state index contributed by atoms with van der Waals surface area (Å²) in [5.74, 6) is 7.23. The topological polar surface area (TPSA) is 55.9 Å². The molecule has 1 saturated carbocycles. The lowest BCUT2D eigenvalue weighted by Gasteiger charge is -2.23. The highest BCUT2D eigenvalue weighted by Gasteiger charge is 2.29. The van der Waals surface area contributed by atoms with Crippen molar-refractivity contribution < 1.29 is 0 Å². The van der Waals surface area contributed by atoms with Gasteiger partial charge in [0.05, 0.1) is 16.4 Å². The predicted octanol–water partition coefficient (Wildman–Crippen LogP) is 2.45. The van der Waals surface area contributed by atoms with Gasteiger partial charge in [-0.15, -0.1) is 0 Å². The fourth-order valence-corrected chi connectivity index (χ4v) is 3.60. The second kappa shape index (κ2) is 6.25. The number of aryl methyl sites for hydroxylation is 2. The molecule has 1 heterocycles. The third-order valence-electron chi connectivity index (χ3n) is 4.43. The Balaban J connectivity index is 2.12. The van der Waals surface area contributed by atoms with E-state index in [1.807, 2.05) is 11.7 Å². The van der Waals surface area contributed by atoms with Crippen LogP contribution in [-0.2, 0) is 19.9 Å². The number of rotatable bonds is 5. The van der Waals surface area contributed by atoms with E-state index in [4.69, 9.17) is 17.4 Å². The highest BCUT2D eigenvalue weighted by Crippen LogP contribution is 2.34. The standard InChI is InChI=1S/C14H25ClN4/c1-4-11-14(15)13(19(3)18-11)8-12(17-16)10-6-5-9(2)7-10/h9-10,12,17H,4-8,16H2,1-3H3. The molecule has 1 aliphatic carbocycles. The second-order valence-corrected chi connectivity index (χ2v) is 6.22. The minimum Gasteiger partial charge on any atom is -0.271 e. The van der Waals surface area contributed by atoms with Gasteiger partial charge in [-0.2, -0.15) is 5.10 Å². The maximum atomic E-state index is 6.41. The Bertz CT molecular complexity index is 429. The molecule has 0 radical (unpaired) electrons. The molecule has 108 valence electrons. The van der Waals surface area contributed by atoms with Gasteiger partial charge in [0.15, 0.2) is 0 Å². The Hall–Kier alpha value is -0.580. The van der Waals surface area contributed by atoms with Crippen LogP contribution >= 0.6 is 11.6 Å². The first kappa shape index (κ1) is 14.8. The molecule has 1 aliphatic rings. The van der Waals surface area contributed by atoms with Gasteiger partial charge in [-0.3, -0.25) is 16.0 Å². The largest absolute Gasteiger partial charge is 0.271 e. The lowest BCUT2D eigenvalue weighted by atomic mass is 9.93. The number of nitrogens with one attached hydrogen (secondary N) is 1. The van der Waals surface area contributed by atoms with Crippen LogP contribution in [0, 0.1) is 11.8 Å². The first-order chi connectivity index (χ1) is 9.06. The molecule has 1 aromatic heterocycles. The molecule has 3 unspecified atom stereocenters. The highest BCUT2D eigenvalue weighted by molar-refractivity contribution is 6.31. The van der Waals surface area contributed by atoms with Crippen LogP contribution in [0.4, 0.5) is 0 Å². The van der Waals surface area contributed by atoms with Crippen molar-refractivity contribution >= 4 is 11.6 Å². The maximum absolute atomic E-state index is 6.41. The zero-order valence-electron chi connectivity index (χ0n) is 12.1. The number of nitrogens with two attached hydrogens (primary N) is 1. The lowest BCUT2D eigenvalue weighted by Crippen LogP contribution is -2.42. The molecule has 4 nitrogen and oxygen atoms in total. The average Bonchev–Trinajstić information content (AvgIpc) is 2.92. The van der Waals surface area contributed by atoms with Gasteiger partial charge < -0.3 is 0 Å². The van der Waals surface area contributed by atoms with Crippen molar-refractivity contribution in [2.24, 2.45) is 24.7 Å². The third kappa shape index (κ3) is 3.12. The van der Waals surface area contributed by atoms with E-state index in [0.29, 0.717) is 12.0 Å². The number of aromatic nitrogens is 2. The van der Waals surface area contributed by atoms with E-state index in [9.17, 15) is 0 Å². The molecule has 1 fully saturated rings. The third-order valence-corrected chi connectivity index (χ3v) is 4.87. The molecular formula is C14H25ClN4. The van der Waals surface area contributed by atoms with Crippen LogP contribution < -0.4 is 11.3 Å². The summed E-state index contributed by atoms with van der Waals surface area (Å²) < 4.78 is 1.91. The van der Waals surface area contributed by atoms with Crippen LogP contribution in [-0.4, -0.2) is 15.8 Å². The van der Waals surface area contributed by atoms with E-state index >= 15 is 0 Å². The summed E-state index contributed by atoms with van der Waals surface area (Å²) in [6, 6.07) is 0.294. The molecule has 0 bridgehead atoms. The van der Waals surface area contributed by atoms with Crippen LogP contribution in [0.25, 0.3) is 0 Å². The molecule has 0 spiro atoms. The van der Waals surface area contributed by atoms with E-state index in [1.165, 1.54) is 19.3 Å². The SMILES string of the molecule is CCc1nn(C)c(CC(NN)C2CCC(C)C2)c1Cl. The smallest absolute Gasteiger partial charge is 0.0850 e. The number of hydrogen-bond acceptors (Lipinski definition) is 3. The van der Waals surface area contributed by atoms with E-state index in [2.05, 4.69) is 24.4 Å². The number of nitrogens with zero attached hydrogens (tertiary/aromatic N) is 2. The van der Waals surface area contributed by atoms with Gasteiger partial charge >= 0.3 is 0 Å². The molecule has 0 amide bonds. The predicted molar refractivity (Wildman–Crippen MR) is 78.9 cm³/mol. The van der Waals surface area contributed by atoms with E-state index in [1.54, 1.807) is 0 Å². The van der Waals surface area contributed by atoms with Gasteiger partial charge in [-0.25, -0.2) is 0 Å². The Morgan fingerprint density at radius 3 is 2.74 bits per heavy atom. The van der Waals surface area contributed by atoms with Crippen LogP contribution in [0.5, 0.6) is 0 Å². The van der Waals surface area contributed by atoms with Crippen molar-refractivity contribution in [3.63, 3.8) is 0 Å². The first-order valence-electron chi connectivity index (χ1n) is 7.23. The quantitative estimate of drug-likeness (QED) is 0.645. The van der Waals surface area contributed by atoms with Crippen molar-refractivity contribution in [3.8, 4) is 0 Å². The Kier molecular flexibility index (Phi) is 4.87. The van der Waals surface area contributed by atoms with Crippen LogP contribution in [0.3, 0.4) is 0 Å². The van der Waals surface area contributed by atoms with Crippen LogP contribution in [0.2, 0.25) is 5.02 Å². The van der Waals surface area contributed by atoms with Gasteiger partial charge in [0, 0.05) is 19.5 Å². The van der Waals surface area contributed by atoms with E-state index < -0.39 is 0 Å². The molecule has 0 aromatic carbocycles. The average molecular weight is 285 g/mol. The van der Waals surface area contributed by atoms with Crippen molar-refractivity contribution in [3.05, 3.63) is 16.4 Å². The summed E-state index contributed by atoms with van der Waals surface area (Å²) in [5.41, 5.74) is 5.07. The van der Waals surface area contributed by atoms with Crippen LogP contribution in [0.1, 0.15) is 44.5 Å². The van der Waals surface area contributed by atoms with Crippen molar-refractivity contribution in [1.82, 2.24) is 15.2 Å². The number of hydrazine groups is 1. The summed E-state index contributed by atoms with van der Waals surface area (Å²) in [5, 5.41) is 5.29. The molecule has 1 aromatic rings. The molecule has 3 N–H and O–H groups in total. The zero-order chi connectivity index (χ0) is 14.0. The normalized spacial score (nSPS) is 24.9. The zero-order valence-corrected chi connectivity index (χ0v) is 12.9. The number of hydrogen-bond donors (Lipinski definition) is 2. The fraction of sp³-hybridized carbons (Fsp3) is 0.786. The van der Waals surface area contributed by atoms with Gasteiger partial charge in [-0.1, -0.05) is 31.9 Å². The summed E-state index contributed by atoms with van der Waals surface area (Å²) in [4.78, 5) is 0. The van der Waals surface area contributed by atoms with Gasteiger partial charge in [0.25, 0.3) is 0 Å². The van der Waals surface area contributed by atoms with Crippen molar-refractivity contribution in [2.75, 3.05) is 0 Å². The van der Waals surface area contributed by atoms with Gasteiger partial charge in [0.1, 0.15) is 0 Å². The van der Waals surface area contributed by atoms with Crippen molar-refractivity contribution in [2.45, 2.75) is 52.0 Å². The van der Waals surface area contributed by atoms with Crippen molar-refractivity contribution in [1.29, 1.82) is 0 Å². The molecular weight excluding hydrogens is 260 g/mol. The molecule has 5 heteroatoms. The Morgan fingerprint density at radius 1 is 1.53 bits per heavy atom. The number of halogens is 1. The Morgan fingerprint density at radius 2 is 2.26 bits per heavy atom. The molecule has 2 rings (SSSR count). The molecule has 3 atom stereocenters. The minimum atomic E-state index is 0.294. The second-order valence-electron chi connectivity index (χ2n) is 5.84. The lowest BCUT2D eigenvalue weighted by molar-refractivity contribution is 0.347. The fourth-order valence-electron chi connectivity index (χ4n) is 3.23. The Labute approximate surface area is 120 Å². The van der Waals surface area contributed by atoms with E-state index in [0.717, 1.165) is 35.2 Å². The first-order valence-corrected chi connectivity index (χ1v) is 7.60. The summed E-state index contributed by atoms with van der Waals surface area (Å²) in [6.45, 7) is 4.40. The molecule has 19 heavy (non-hydrogen) atoms. The summed E-state index contributed by atoms with van der Waals surface area (Å²) in [7, 11) is 1.96. The molecule has 0 saturated heterocycles. The van der Waals surface area contributed by atoms with E-state index in [-0.39, 0.29) is 0 Å². The monoisotopic (exact) mass is 284 g/mol.